The van der Waals surface area contributed by atoms with Crippen molar-refractivity contribution in [2.24, 2.45) is 0 Å². The van der Waals surface area contributed by atoms with Gasteiger partial charge in [-0.2, -0.15) is 0 Å². The van der Waals surface area contributed by atoms with Gasteiger partial charge in [0.1, 0.15) is 6.10 Å². The summed E-state index contributed by atoms with van der Waals surface area (Å²) in [5.41, 5.74) is 0.693. The highest BCUT2D eigenvalue weighted by Gasteiger charge is 2.73. The Balaban J connectivity index is 0.997. The van der Waals surface area contributed by atoms with Gasteiger partial charge in [-0.25, -0.2) is 0 Å². The number of methoxy groups -OCH3 is 1. The number of benzene rings is 1. The number of ether oxygens (including phenoxy) is 11. The van der Waals surface area contributed by atoms with Crippen LogP contribution in [0.1, 0.15) is 36.8 Å². The first-order valence-corrected chi connectivity index (χ1v) is 18.9. The molecular weight excluding hydrogens is 678 g/mol. The molecule has 2 aliphatic carbocycles. The van der Waals surface area contributed by atoms with E-state index in [1.54, 1.807) is 7.11 Å². The minimum atomic E-state index is -0.965. The molecule has 0 aromatic heterocycles. The Morgan fingerprint density at radius 1 is 0.827 bits per heavy atom. The minimum absolute atomic E-state index is 0.0340. The highest BCUT2D eigenvalue weighted by atomic mass is 16.7. The van der Waals surface area contributed by atoms with E-state index >= 15 is 0 Å². The molecule has 2 heterocycles. The first-order valence-electron chi connectivity index (χ1n) is 18.9. The molecule has 0 amide bonds. The molecule has 1 saturated carbocycles. The first-order chi connectivity index (χ1) is 25.6. The van der Waals surface area contributed by atoms with Crippen LogP contribution in [-0.4, -0.2) is 172 Å². The molecule has 5 atom stereocenters. The van der Waals surface area contributed by atoms with Crippen LogP contribution in [-0.2, 0) is 54.5 Å². The van der Waals surface area contributed by atoms with Crippen LogP contribution >= 0.6 is 0 Å². The van der Waals surface area contributed by atoms with Gasteiger partial charge in [-0.05, 0) is 50.3 Å². The highest BCUT2D eigenvalue weighted by Crippen LogP contribution is 2.65. The topological polar surface area (TPSA) is 145 Å². The maximum absolute atomic E-state index is 12.7. The third kappa shape index (κ3) is 10.0. The number of hydrogen-bond acceptors (Lipinski definition) is 14. The van der Waals surface area contributed by atoms with Gasteiger partial charge in [0.25, 0.3) is 0 Å². The zero-order valence-electron chi connectivity index (χ0n) is 31.0. The molecule has 2 fully saturated rings. The van der Waals surface area contributed by atoms with Crippen LogP contribution in [0.4, 0.5) is 0 Å². The molecule has 5 rings (SSSR count). The molecule has 2 N–H and O–H groups in total. The van der Waals surface area contributed by atoms with E-state index in [0.717, 1.165) is 31.5 Å². The quantitative estimate of drug-likeness (QED) is 0.0673. The normalized spacial score (nSPS) is 25.9. The van der Waals surface area contributed by atoms with Crippen LogP contribution in [0.3, 0.4) is 0 Å². The molecule has 2 aliphatic heterocycles. The van der Waals surface area contributed by atoms with E-state index in [1.807, 2.05) is 12.1 Å². The van der Waals surface area contributed by atoms with Crippen LogP contribution < -0.4 is 9.47 Å². The van der Waals surface area contributed by atoms with Crippen LogP contribution in [0.15, 0.2) is 24.8 Å². The molecule has 1 spiro atoms. The van der Waals surface area contributed by atoms with Gasteiger partial charge in [0.05, 0.1) is 116 Å². The summed E-state index contributed by atoms with van der Waals surface area (Å²) in [5.74, 6) is 1.31. The van der Waals surface area contributed by atoms with Gasteiger partial charge in [0.2, 0.25) is 0 Å². The van der Waals surface area contributed by atoms with Crippen molar-refractivity contribution in [2.75, 3.05) is 133 Å². The molecule has 0 radical (unpaired) electrons. The molecule has 1 saturated heterocycles. The largest absolute Gasteiger partial charge is 0.482 e. The van der Waals surface area contributed by atoms with E-state index in [1.165, 1.54) is 5.56 Å². The number of likely N-dealkylation sites (tertiary alicyclic amines) is 1. The zero-order valence-corrected chi connectivity index (χ0v) is 31.0. The van der Waals surface area contributed by atoms with Crippen molar-refractivity contribution in [1.29, 1.82) is 0 Å². The lowest BCUT2D eigenvalue weighted by Crippen LogP contribution is -2.77. The number of nitrogens with zero attached hydrogens (tertiary/aromatic N) is 1. The number of hydrogen-bond donors (Lipinski definition) is 2. The fourth-order valence-electron chi connectivity index (χ4n) is 8.18. The summed E-state index contributed by atoms with van der Waals surface area (Å²) >= 11 is 0. The van der Waals surface area contributed by atoms with Gasteiger partial charge >= 0.3 is 0 Å². The van der Waals surface area contributed by atoms with Gasteiger partial charge in [0.15, 0.2) is 18.3 Å². The van der Waals surface area contributed by atoms with Crippen LogP contribution in [0.5, 0.6) is 11.5 Å². The second-order valence-electron chi connectivity index (χ2n) is 13.5. The molecule has 1 aromatic rings. The highest BCUT2D eigenvalue weighted by molar-refractivity contribution is 5.63. The molecule has 2 bridgehead atoms. The molecule has 296 valence electrons. The lowest BCUT2D eigenvalue weighted by molar-refractivity contribution is -0.215. The fourth-order valence-corrected chi connectivity index (χ4v) is 8.18. The molecule has 52 heavy (non-hydrogen) atoms. The monoisotopic (exact) mass is 739 g/mol. The maximum atomic E-state index is 12.7. The smallest absolute Gasteiger partial charge is 0.189 e. The zero-order chi connectivity index (χ0) is 36.5. The average Bonchev–Trinajstić information content (AvgIpc) is 3.50. The Kier molecular flexibility index (Phi) is 17.3. The standard InChI is InChI=1S/C38H61NO13/c1-3-10-39-11-9-37-34-30-5-6-31(51-29-49-13-4-12-40)35(34)52-36(37)32(7-8-38(37,41)33(39)28-30)50-27-26-48-25-24-47-23-22-46-21-20-45-19-18-44-17-16-43-15-14-42-2/h3,5-6,32-33,36,40-41H,1,4,7-29H2,2H3/t32-,33+,36-,37-,38+/m0/s1. The van der Waals surface area contributed by atoms with Crippen molar-refractivity contribution in [3.05, 3.63) is 35.9 Å². The van der Waals surface area contributed by atoms with Crippen molar-refractivity contribution >= 4 is 0 Å². The third-order valence-corrected chi connectivity index (χ3v) is 10.5. The predicted octanol–water partition coefficient (Wildman–Crippen LogP) is 1.89. The van der Waals surface area contributed by atoms with Crippen molar-refractivity contribution in [3.8, 4) is 11.5 Å². The van der Waals surface area contributed by atoms with E-state index < -0.39 is 11.0 Å². The van der Waals surface area contributed by atoms with E-state index in [4.69, 9.17) is 57.2 Å². The van der Waals surface area contributed by atoms with E-state index in [0.29, 0.717) is 130 Å². The Hall–Kier alpha value is -1.92. The second kappa shape index (κ2) is 21.8. The summed E-state index contributed by atoms with van der Waals surface area (Å²) in [6.45, 7) is 13.1. The summed E-state index contributed by atoms with van der Waals surface area (Å²) in [6.07, 6.45) is 4.69. The SMILES string of the molecule is C=CCN1CC[C@]23c4c5ccc(OCOCCCO)c4O[C@H]2[C@@H](OCCOCCOCCOCCOCCOCCOCCOC)CC[C@@]3(O)[C@H]1C5. The summed E-state index contributed by atoms with van der Waals surface area (Å²) in [7, 11) is 1.65. The van der Waals surface area contributed by atoms with Gasteiger partial charge in [0, 0.05) is 31.9 Å². The van der Waals surface area contributed by atoms with Crippen LogP contribution in [0.25, 0.3) is 0 Å². The van der Waals surface area contributed by atoms with Crippen molar-refractivity contribution in [1.82, 2.24) is 4.90 Å². The van der Waals surface area contributed by atoms with Gasteiger partial charge in [-0.1, -0.05) is 12.1 Å². The third-order valence-electron chi connectivity index (χ3n) is 10.5. The first kappa shape index (κ1) is 41.2. The Bertz CT molecular complexity index is 1190. The number of rotatable bonds is 30. The number of piperidine rings is 1. The Labute approximate surface area is 308 Å². The summed E-state index contributed by atoms with van der Waals surface area (Å²) < 4.78 is 63.1. The molecule has 4 aliphatic rings. The lowest BCUT2D eigenvalue weighted by atomic mass is 9.48. The van der Waals surface area contributed by atoms with Crippen LogP contribution in [0.2, 0.25) is 0 Å². The molecular formula is C38H61NO13. The fraction of sp³-hybridized carbons (Fsp3) is 0.789. The second-order valence-corrected chi connectivity index (χ2v) is 13.5. The number of aliphatic hydroxyl groups excluding tert-OH is 1. The van der Waals surface area contributed by atoms with Crippen LogP contribution in [0, 0.1) is 0 Å². The van der Waals surface area contributed by atoms with Crippen molar-refractivity contribution in [2.45, 2.75) is 61.4 Å². The summed E-state index contributed by atoms with van der Waals surface area (Å²) in [5, 5.41) is 21.7. The number of aliphatic hydroxyl groups is 2. The molecule has 1 aromatic carbocycles. The van der Waals surface area contributed by atoms with Crippen molar-refractivity contribution in [3.63, 3.8) is 0 Å². The molecule has 0 unspecified atom stereocenters. The maximum Gasteiger partial charge on any atom is 0.189 e. The van der Waals surface area contributed by atoms with Gasteiger partial charge in [-0.3, -0.25) is 4.90 Å². The lowest BCUT2D eigenvalue weighted by Gasteiger charge is -2.64. The van der Waals surface area contributed by atoms with E-state index in [9.17, 15) is 5.11 Å². The Morgan fingerprint density at radius 3 is 2.04 bits per heavy atom. The average molecular weight is 740 g/mol. The van der Waals surface area contributed by atoms with Gasteiger partial charge in [-0.15, -0.1) is 6.58 Å². The summed E-state index contributed by atoms with van der Waals surface area (Å²) in [4.78, 5) is 2.37. The van der Waals surface area contributed by atoms with Crippen molar-refractivity contribution < 1.29 is 62.3 Å². The Morgan fingerprint density at radius 2 is 1.44 bits per heavy atom. The minimum Gasteiger partial charge on any atom is -0.482 e. The van der Waals surface area contributed by atoms with Gasteiger partial charge < -0.3 is 62.3 Å². The van der Waals surface area contributed by atoms with E-state index in [2.05, 4.69) is 17.5 Å². The van der Waals surface area contributed by atoms with E-state index in [-0.39, 0.29) is 31.6 Å². The molecule has 14 heteroatoms. The predicted molar refractivity (Wildman–Crippen MR) is 190 cm³/mol. The summed E-state index contributed by atoms with van der Waals surface area (Å²) in [6, 6.07) is 4.03. The molecule has 14 nitrogen and oxygen atoms in total.